The summed E-state index contributed by atoms with van der Waals surface area (Å²) < 4.78 is 0. The molecule has 6 nitrogen and oxygen atoms in total. The summed E-state index contributed by atoms with van der Waals surface area (Å²) in [6, 6.07) is -0.302. The third-order valence-corrected chi connectivity index (χ3v) is 5.70. The molecule has 0 unspecified atom stereocenters. The van der Waals surface area contributed by atoms with Gasteiger partial charge >= 0.3 is 0 Å². The summed E-state index contributed by atoms with van der Waals surface area (Å²) in [4.78, 5) is 30.0. The van der Waals surface area contributed by atoms with Gasteiger partial charge in [-0.25, -0.2) is 0 Å². The second-order valence-corrected chi connectivity index (χ2v) is 8.51. The van der Waals surface area contributed by atoms with Crippen molar-refractivity contribution in [1.82, 2.24) is 14.7 Å². The Labute approximate surface area is 143 Å². The van der Waals surface area contributed by atoms with Crippen molar-refractivity contribution in [2.24, 2.45) is 5.41 Å². The second kappa shape index (κ2) is 7.40. The summed E-state index contributed by atoms with van der Waals surface area (Å²) in [6.45, 7) is 11.2. The zero-order valence-electron chi connectivity index (χ0n) is 14.6. The molecule has 0 saturated carbocycles. The monoisotopic (exact) mass is 343 g/mol. The van der Waals surface area contributed by atoms with Crippen LogP contribution >= 0.6 is 11.8 Å². The number of β-amino-alcohol motifs (C(OH)–C–C–N with tert-alkyl or cyclic N) is 1. The summed E-state index contributed by atoms with van der Waals surface area (Å²) in [7, 11) is 0. The van der Waals surface area contributed by atoms with Crippen molar-refractivity contribution in [2.75, 3.05) is 44.4 Å². The topological polar surface area (TPSA) is 64.1 Å². The highest BCUT2D eigenvalue weighted by atomic mass is 32.2. The first kappa shape index (κ1) is 18.5. The highest BCUT2D eigenvalue weighted by molar-refractivity contribution is 7.99. The molecule has 0 bridgehead atoms. The fourth-order valence-corrected chi connectivity index (χ4v) is 4.05. The molecule has 0 radical (unpaired) electrons. The maximum absolute atomic E-state index is 12.7. The van der Waals surface area contributed by atoms with E-state index in [1.54, 1.807) is 16.7 Å². The third-order valence-electron chi connectivity index (χ3n) is 4.69. The lowest BCUT2D eigenvalue weighted by atomic mass is 9.89. The molecule has 2 heterocycles. The van der Waals surface area contributed by atoms with Crippen LogP contribution in [0.15, 0.2) is 0 Å². The minimum absolute atomic E-state index is 0.0275. The van der Waals surface area contributed by atoms with Crippen molar-refractivity contribution in [2.45, 2.75) is 39.8 Å². The number of amides is 2. The number of carbonyl (C=O) groups is 2. The Balaban J connectivity index is 1.84. The van der Waals surface area contributed by atoms with Gasteiger partial charge in [0.05, 0.1) is 12.0 Å². The van der Waals surface area contributed by atoms with E-state index in [1.807, 2.05) is 25.7 Å². The van der Waals surface area contributed by atoms with E-state index in [0.29, 0.717) is 31.3 Å². The largest absolute Gasteiger partial charge is 0.391 e. The van der Waals surface area contributed by atoms with Gasteiger partial charge in [-0.3, -0.25) is 14.5 Å². The van der Waals surface area contributed by atoms with Crippen molar-refractivity contribution < 1.29 is 14.7 Å². The van der Waals surface area contributed by atoms with Crippen molar-refractivity contribution in [3.8, 4) is 0 Å². The zero-order valence-corrected chi connectivity index (χ0v) is 15.4. The molecule has 0 spiro atoms. The normalized spacial score (nSPS) is 24.8. The minimum atomic E-state index is -0.371. The van der Waals surface area contributed by atoms with E-state index < -0.39 is 0 Å². The van der Waals surface area contributed by atoms with Crippen molar-refractivity contribution in [3.05, 3.63) is 0 Å². The number of carbonyl (C=O) groups excluding carboxylic acids is 2. The lowest BCUT2D eigenvalue weighted by molar-refractivity contribution is -0.143. The molecule has 7 heteroatoms. The number of rotatable bonds is 3. The molecule has 1 N–H and O–H groups in total. The van der Waals surface area contributed by atoms with Gasteiger partial charge in [0, 0.05) is 45.4 Å². The van der Waals surface area contributed by atoms with Crippen LogP contribution in [0.4, 0.5) is 0 Å². The highest BCUT2D eigenvalue weighted by Gasteiger charge is 2.37. The van der Waals surface area contributed by atoms with E-state index in [0.717, 1.165) is 13.1 Å². The Morgan fingerprint density at radius 2 is 1.83 bits per heavy atom. The van der Waals surface area contributed by atoms with E-state index in [-0.39, 0.29) is 29.4 Å². The van der Waals surface area contributed by atoms with Crippen LogP contribution in [0.25, 0.3) is 0 Å². The molecule has 23 heavy (non-hydrogen) atoms. The average Bonchev–Trinajstić information content (AvgIpc) is 2.96. The van der Waals surface area contributed by atoms with Gasteiger partial charge in [0.1, 0.15) is 6.04 Å². The molecular formula is C16H29N3O3S. The zero-order chi connectivity index (χ0) is 17.2. The molecule has 2 aliphatic rings. The SMILES string of the molecule is CC(=O)N1CSC[C@@H]1C(=O)N1CCN(C[C@@H](O)C(C)(C)C)CC1. The molecule has 132 valence electrons. The molecule has 2 fully saturated rings. The van der Waals surface area contributed by atoms with Gasteiger partial charge in [0.2, 0.25) is 11.8 Å². The second-order valence-electron chi connectivity index (χ2n) is 7.51. The third kappa shape index (κ3) is 4.61. The summed E-state index contributed by atoms with van der Waals surface area (Å²) >= 11 is 1.64. The quantitative estimate of drug-likeness (QED) is 0.807. The first-order valence-corrected chi connectivity index (χ1v) is 9.40. The highest BCUT2D eigenvalue weighted by Crippen LogP contribution is 2.24. The maximum Gasteiger partial charge on any atom is 0.246 e. The van der Waals surface area contributed by atoms with E-state index in [1.165, 1.54) is 6.92 Å². The Bertz CT molecular complexity index is 444. The number of hydrogen-bond acceptors (Lipinski definition) is 5. The van der Waals surface area contributed by atoms with Crippen molar-refractivity contribution in [3.63, 3.8) is 0 Å². The molecule has 0 aromatic carbocycles. The fraction of sp³-hybridized carbons (Fsp3) is 0.875. The standard InChI is InChI=1S/C16H29N3O3S/c1-12(20)19-11-23-10-13(19)15(22)18-7-5-17(6-8-18)9-14(21)16(2,3)4/h13-14,21H,5-11H2,1-4H3/t13-,14-/m1/s1. The smallest absolute Gasteiger partial charge is 0.246 e. The van der Waals surface area contributed by atoms with E-state index in [2.05, 4.69) is 4.90 Å². The molecule has 2 amide bonds. The van der Waals surface area contributed by atoms with Crippen LogP contribution < -0.4 is 0 Å². The number of aliphatic hydroxyl groups is 1. The molecule has 0 aliphatic carbocycles. The Kier molecular flexibility index (Phi) is 5.97. The lowest BCUT2D eigenvalue weighted by Gasteiger charge is -2.39. The maximum atomic E-state index is 12.7. The van der Waals surface area contributed by atoms with Crippen molar-refractivity contribution >= 4 is 23.6 Å². The summed E-state index contributed by atoms with van der Waals surface area (Å²) in [5, 5.41) is 10.2. The number of nitrogens with zero attached hydrogens (tertiary/aromatic N) is 3. The minimum Gasteiger partial charge on any atom is -0.391 e. The van der Waals surface area contributed by atoms with Gasteiger partial charge in [-0.2, -0.15) is 0 Å². The van der Waals surface area contributed by atoms with Crippen LogP contribution in [0.1, 0.15) is 27.7 Å². The molecule has 2 aliphatic heterocycles. The van der Waals surface area contributed by atoms with Crippen LogP contribution in [0.3, 0.4) is 0 Å². The molecular weight excluding hydrogens is 314 g/mol. The number of aliphatic hydroxyl groups excluding tert-OH is 1. The Morgan fingerprint density at radius 3 is 2.35 bits per heavy atom. The lowest BCUT2D eigenvalue weighted by Crippen LogP contribution is -2.56. The van der Waals surface area contributed by atoms with Crippen molar-refractivity contribution in [1.29, 1.82) is 0 Å². The first-order chi connectivity index (χ1) is 10.7. The summed E-state index contributed by atoms with van der Waals surface area (Å²) in [6.07, 6.45) is -0.371. The van der Waals surface area contributed by atoms with Gasteiger partial charge in [-0.1, -0.05) is 20.8 Å². The first-order valence-electron chi connectivity index (χ1n) is 8.24. The van der Waals surface area contributed by atoms with Crippen LogP contribution in [-0.4, -0.2) is 88.1 Å². The molecule has 2 saturated heterocycles. The average molecular weight is 343 g/mol. The van der Waals surface area contributed by atoms with E-state index >= 15 is 0 Å². The van der Waals surface area contributed by atoms with E-state index in [9.17, 15) is 14.7 Å². The molecule has 0 aromatic rings. The molecule has 2 rings (SSSR count). The predicted octanol–water partition coefficient (Wildman–Crippen LogP) is 0.459. The van der Waals surface area contributed by atoms with Crippen LogP contribution in [-0.2, 0) is 9.59 Å². The van der Waals surface area contributed by atoms with Gasteiger partial charge < -0.3 is 14.9 Å². The van der Waals surface area contributed by atoms with Gasteiger partial charge in [-0.15, -0.1) is 11.8 Å². The number of thioether (sulfide) groups is 1. The van der Waals surface area contributed by atoms with Gasteiger partial charge in [-0.05, 0) is 5.41 Å². The van der Waals surface area contributed by atoms with Crippen LogP contribution in [0.2, 0.25) is 0 Å². The van der Waals surface area contributed by atoms with E-state index in [4.69, 9.17) is 0 Å². The molecule has 0 aromatic heterocycles. The number of piperazine rings is 1. The van der Waals surface area contributed by atoms with Gasteiger partial charge in [0.15, 0.2) is 0 Å². The summed E-state index contributed by atoms with van der Waals surface area (Å²) in [5.41, 5.74) is -0.129. The van der Waals surface area contributed by atoms with Crippen LogP contribution in [0, 0.1) is 5.41 Å². The Morgan fingerprint density at radius 1 is 1.22 bits per heavy atom. The van der Waals surface area contributed by atoms with Crippen LogP contribution in [0.5, 0.6) is 0 Å². The predicted molar refractivity (Wildman–Crippen MR) is 92.1 cm³/mol. The molecule has 2 atom stereocenters. The Hall–Kier alpha value is -0.790. The summed E-state index contributed by atoms with van der Waals surface area (Å²) in [5.74, 6) is 1.35. The van der Waals surface area contributed by atoms with Gasteiger partial charge in [0.25, 0.3) is 0 Å². The number of hydrogen-bond donors (Lipinski definition) is 1. The fourth-order valence-electron chi connectivity index (χ4n) is 2.84.